The van der Waals surface area contributed by atoms with Gasteiger partial charge in [0, 0.05) is 5.56 Å². The Morgan fingerprint density at radius 2 is 1.69 bits per heavy atom. The van der Waals surface area contributed by atoms with E-state index in [0.29, 0.717) is 28.6 Å². The van der Waals surface area contributed by atoms with Crippen molar-refractivity contribution in [2.75, 3.05) is 11.5 Å². The van der Waals surface area contributed by atoms with Gasteiger partial charge in [-0.25, -0.2) is 4.98 Å². The maximum Gasteiger partial charge on any atom is 0.301 e. The Balaban J connectivity index is 1.70. The summed E-state index contributed by atoms with van der Waals surface area (Å²) >= 11 is 1.35. The first kappa shape index (κ1) is 22.8. The summed E-state index contributed by atoms with van der Waals surface area (Å²) in [4.78, 5) is 32.8. The van der Waals surface area contributed by atoms with Gasteiger partial charge in [0.1, 0.15) is 11.5 Å². The SMILES string of the molecule is CCOc1ccc([C@H]2/C(=C(\O)c3ccc(C)cc3)C(=O)C(=O)N2c2nc3ccc(C)cc3s2)cc1. The van der Waals surface area contributed by atoms with Crippen LogP contribution in [-0.2, 0) is 9.59 Å². The summed E-state index contributed by atoms with van der Waals surface area (Å²) in [6.07, 6.45) is 0. The molecule has 1 N–H and O–H groups in total. The van der Waals surface area contributed by atoms with Gasteiger partial charge in [0.15, 0.2) is 5.13 Å². The normalized spacial score (nSPS) is 17.3. The lowest BCUT2D eigenvalue weighted by atomic mass is 9.95. The standard InChI is InChI=1S/C28H24N2O4S/c1-4-34-20-12-10-18(11-13-20)24-23(25(31)19-8-5-16(2)6-9-19)26(32)27(33)30(24)28-29-21-14-7-17(3)15-22(21)35-28/h5-15,24,31H,4H2,1-3H3/b25-23+/t24-/m0/s1. The van der Waals surface area contributed by atoms with E-state index < -0.39 is 17.7 Å². The summed E-state index contributed by atoms with van der Waals surface area (Å²) < 4.78 is 6.49. The fraction of sp³-hybridized carbons (Fsp3) is 0.179. The number of thiazole rings is 1. The highest BCUT2D eigenvalue weighted by atomic mass is 32.1. The number of anilines is 1. The Morgan fingerprint density at radius 3 is 2.37 bits per heavy atom. The van der Waals surface area contributed by atoms with Crippen LogP contribution in [0.1, 0.15) is 35.2 Å². The lowest BCUT2D eigenvalue weighted by Gasteiger charge is -2.23. The largest absolute Gasteiger partial charge is 0.507 e. The van der Waals surface area contributed by atoms with E-state index in [1.165, 1.54) is 16.2 Å². The van der Waals surface area contributed by atoms with Crippen molar-refractivity contribution in [3.8, 4) is 5.75 Å². The molecule has 1 saturated heterocycles. The number of carbonyl (C=O) groups excluding carboxylic acids is 2. The molecule has 0 aliphatic carbocycles. The minimum Gasteiger partial charge on any atom is -0.507 e. The zero-order valence-electron chi connectivity index (χ0n) is 19.6. The maximum atomic E-state index is 13.4. The molecule has 6 nitrogen and oxygen atoms in total. The molecule has 1 aliphatic rings. The number of amides is 1. The van der Waals surface area contributed by atoms with Gasteiger partial charge in [0.2, 0.25) is 0 Å². The zero-order valence-corrected chi connectivity index (χ0v) is 20.4. The van der Waals surface area contributed by atoms with Gasteiger partial charge in [-0.15, -0.1) is 0 Å². The highest BCUT2D eigenvalue weighted by Gasteiger charge is 2.48. The summed E-state index contributed by atoms with van der Waals surface area (Å²) in [6.45, 7) is 6.36. The van der Waals surface area contributed by atoms with Crippen molar-refractivity contribution < 1.29 is 19.4 Å². The molecule has 0 radical (unpaired) electrons. The quantitative estimate of drug-likeness (QED) is 0.215. The smallest absolute Gasteiger partial charge is 0.301 e. The summed E-state index contributed by atoms with van der Waals surface area (Å²) in [5.41, 5.74) is 4.05. The number of carbonyl (C=O) groups is 2. The van der Waals surface area contributed by atoms with E-state index in [0.717, 1.165) is 21.3 Å². The lowest BCUT2D eigenvalue weighted by molar-refractivity contribution is -0.132. The highest BCUT2D eigenvalue weighted by Crippen LogP contribution is 2.44. The number of aromatic nitrogens is 1. The van der Waals surface area contributed by atoms with Crippen molar-refractivity contribution in [1.82, 2.24) is 4.98 Å². The molecule has 5 rings (SSSR count). The molecule has 7 heteroatoms. The predicted octanol–water partition coefficient (Wildman–Crippen LogP) is 5.94. The average Bonchev–Trinajstić information content (AvgIpc) is 3.37. The van der Waals surface area contributed by atoms with Gasteiger partial charge in [0.25, 0.3) is 5.78 Å². The number of aryl methyl sites for hydroxylation is 2. The van der Waals surface area contributed by atoms with Crippen molar-refractivity contribution >= 4 is 44.1 Å². The molecule has 0 unspecified atom stereocenters. The third-order valence-electron chi connectivity index (χ3n) is 6.02. The molecular formula is C28H24N2O4S. The number of ether oxygens (including phenoxy) is 1. The topological polar surface area (TPSA) is 79.7 Å². The predicted molar refractivity (Wildman–Crippen MR) is 138 cm³/mol. The van der Waals surface area contributed by atoms with Gasteiger partial charge in [-0.2, -0.15) is 0 Å². The molecule has 0 spiro atoms. The lowest BCUT2D eigenvalue weighted by Crippen LogP contribution is -2.29. The number of ketones is 1. The molecule has 4 aromatic rings. The first-order valence-corrected chi connectivity index (χ1v) is 12.2. The third kappa shape index (κ3) is 4.08. The van der Waals surface area contributed by atoms with Crippen molar-refractivity contribution in [2.45, 2.75) is 26.8 Å². The Morgan fingerprint density at radius 1 is 1.00 bits per heavy atom. The van der Waals surface area contributed by atoms with E-state index in [9.17, 15) is 14.7 Å². The second kappa shape index (κ2) is 9.00. The molecule has 1 aromatic heterocycles. The van der Waals surface area contributed by atoms with Crippen molar-refractivity contribution in [3.63, 3.8) is 0 Å². The maximum absolute atomic E-state index is 13.4. The first-order valence-electron chi connectivity index (χ1n) is 11.4. The van der Waals surface area contributed by atoms with Crippen molar-refractivity contribution in [3.05, 3.63) is 94.6 Å². The first-order chi connectivity index (χ1) is 16.9. The Labute approximate surface area is 207 Å². The van der Waals surface area contributed by atoms with Crippen LogP contribution >= 0.6 is 11.3 Å². The summed E-state index contributed by atoms with van der Waals surface area (Å²) in [5, 5.41) is 11.7. The number of nitrogens with zero attached hydrogens (tertiary/aromatic N) is 2. The van der Waals surface area contributed by atoms with Crippen molar-refractivity contribution in [2.24, 2.45) is 0 Å². The third-order valence-corrected chi connectivity index (χ3v) is 7.03. The Hall–Kier alpha value is -3.97. The molecule has 3 aromatic carbocycles. The van der Waals surface area contributed by atoms with Crippen LogP contribution in [0.3, 0.4) is 0 Å². The van der Waals surface area contributed by atoms with E-state index in [1.54, 1.807) is 24.3 Å². The van der Waals surface area contributed by atoms with Gasteiger partial charge in [-0.3, -0.25) is 14.5 Å². The molecule has 1 atom stereocenters. The molecule has 0 saturated carbocycles. The van der Waals surface area contributed by atoms with Gasteiger partial charge in [0.05, 0.1) is 28.4 Å². The number of benzene rings is 3. The van der Waals surface area contributed by atoms with E-state index >= 15 is 0 Å². The summed E-state index contributed by atoms with van der Waals surface area (Å²) in [6, 6.07) is 19.5. The molecule has 1 fully saturated rings. The molecular weight excluding hydrogens is 460 g/mol. The van der Waals surface area contributed by atoms with Crippen LogP contribution in [0.5, 0.6) is 5.75 Å². The zero-order chi connectivity index (χ0) is 24.7. The van der Waals surface area contributed by atoms with E-state index in [4.69, 9.17) is 4.74 Å². The molecule has 35 heavy (non-hydrogen) atoms. The Bertz CT molecular complexity index is 1470. The number of hydrogen-bond donors (Lipinski definition) is 1. The minimum absolute atomic E-state index is 0.0402. The number of rotatable bonds is 5. The number of fused-ring (bicyclic) bond motifs is 1. The van der Waals surface area contributed by atoms with E-state index in [-0.39, 0.29) is 11.3 Å². The fourth-order valence-corrected chi connectivity index (χ4v) is 5.34. The van der Waals surface area contributed by atoms with Crippen LogP contribution in [0.4, 0.5) is 5.13 Å². The second-order valence-corrected chi connectivity index (χ2v) is 9.51. The highest BCUT2D eigenvalue weighted by molar-refractivity contribution is 7.22. The molecule has 0 bridgehead atoms. The second-order valence-electron chi connectivity index (χ2n) is 8.50. The van der Waals surface area contributed by atoms with Crippen LogP contribution in [0.2, 0.25) is 0 Å². The van der Waals surface area contributed by atoms with Crippen LogP contribution in [0, 0.1) is 13.8 Å². The number of hydrogen-bond acceptors (Lipinski definition) is 6. The number of aliphatic hydroxyl groups excluding tert-OH is 1. The van der Waals surface area contributed by atoms with Crippen molar-refractivity contribution in [1.29, 1.82) is 0 Å². The van der Waals surface area contributed by atoms with Gasteiger partial charge in [-0.1, -0.05) is 59.4 Å². The number of Topliss-reactive ketones (excluding diaryl/α,β-unsaturated/α-hetero) is 1. The van der Waals surface area contributed by atoms with Crippen LogP contribution in [0.15, 0.2) is 72.3 Å². The monoisotopic (exact) mass is 484 g/mol. The average molecular weight is 485 g/mol. The molecule has 1 aliphatic heterocycles. The molecule has 2 heterocycles. The minimum atomic E-state index is -0.825. The van der Waals surface area contributed by atoms with E-state index in [1.807, 2.05) is 63.2 Å². The van der Waals surface area contributed by atoms with Crippen LogP contribution < -0.4 is 9.64 Å². The molecule has 1 amide bonds. The summed E-state index contributed by atoms with van der Waals surface area (Å²) in [7, 11) is 0. The summed E-state index contributed by atoms with van der Waals surface area (Å²) in [5.74, 6) is -0.977. The van der Waals surface area contributed by atoms with Gasteiger partial charge >= 0.3 is 5.91 Å². The molecule has 176 valence electrons. The van der Waals surface area contributed by atoms with Gasteiger partial charge < -0.3 is 9.84 Å². The van der Waals surface area contributed by atoms with Crippen LogP contribution in [0.25, 0.3) is 16.0 Å². The van der Waals surface area contributed by atoms with Crippen LogP contribution in [-0.4, -0.2) is 28.4 Å². The Kier molecular flexibility index (Phi) is 5.86. The van der Waals surface area contributed by atoms with Gasteiger partial charge in [-0.05, 0) is 56.2 Å². The fourth-order valence-electron chi connectivity index (χ4n) is 4.25. The number of aliphatic hydroxyl groups is 1. The van der Waals surface area contributed by atoms with E-state index in [2.05, 4.69) is 4.98 Å².